The molecule has 4 heterocycles. The Labute approximate surface area is 213 Å². The summed E-state index contributed by atoms with van der Waals surface area (Å²) < 4.78 is 2.30. The molecule has 6 rings (SSSR count). The van der Waals surface area contributed by atoms with E-state index in [1.165, 1.54) is 22.2 Å². The topological polar surface area (TPSA) is 79.4 Å². The van der Waals surface area contributed by atoms with Crippen LogP contribution in [0.15, 0.2) is 98.2 Å². The molecule has 35 heavy (non-hydrogen) atoms. The minimum Gasteiger partial charge on any atom is -0.271 e. The lowest BCUT2D eigenvalue weighted by molar-refractivity contribution is -0.124. The molecule has 0 spiro atoms. The molecule has 2 aromatic carbocycles. The van der Waals surface area contributed by atoms with Crippen molar-refractivity contribution >= 4 is 55.9 Å². The second kappa shape index (κ2) is 8.90. The summed E-state index contributed by atoms with van der Waals surface area (Å²) in [7, 11) is 0. The molecule has 0 saturated carbocycles. The summed E-state index contributed by atoms with van der Waals surface area (Å²) >= 11 is 4.76. The second-order valence-corrected chi connectivity index (χ2v) is 10.1. The Balaban J connectivity index is 1.32. The number of hydrogen-bond acceptors (Lipinski definition) is 6. The number of fused-ring (bicyclic) bond motifs is 4. The highest BCUT2D eigenvalue weighted by Gasteiger charge is 2.41. The van der Waals surface area contributed by atoms with Gasteiger partial charge in [-0.15, -0.1) is 0 Å². The van der Waals surface area contributed by atoms with Gasteiger partial charge in [0.2, 0.25) is 0 Å². The maximum Gasteiger partial charge on any atom is 0.259 e. The van der Waals surface area contributed by atoms with E-state index in [0.717, 1.165) is 21.3 Å². The number of nitrogens with zero attached hydrogens (tertiary/aromatic N) is 5. The van der Waals surface area contributed by atoms with E-state index in [1.54, 1.807) is 17.2 Å². The van der Waals surface area contributed by atoms with Gasteiger partial charge in [0.25, 0.3) is 11.5 Å². The summed E-state index contributed by atoms with van der Waals surface area (Å²) in [6.07, 6.45) is 2.22. The van der Waals surface area contributed by atoms with Crippen LogP contribution in [0.2, 0.25) is 0 Å². The number of aliphatic imine (C=N–C) groups is 2. The monoisotopic (exact) mass is 543 g/mol. The van der Waals surface area contributed by atoms with Crippen LogP contribution in [0.25, 0.3) is 5.65 Å². The summed E-state index contributed by atoms with van der Waals surface area (Å²) in [4.78, 5) is 41.9. The maximum absolute atomic E-state index is 13.5. The predicted octanol–water partition coefficient (Wildman–Crippen LogP) is 4.59. The summed E-state index contributed by atoms with van der Waals surface area (Å²) in [6.45, 7) is 0. The third-order valence-electron chi connectivity index (χ3n) is 5.85. The summed E-state index contributed by atoms with van der Waals surface area (Å²) in [6, 6.07) is 22.2. The Hall–Kier alpha value is -3.56. The fourth-order valence-corrected chi connectivity index (χ4v) is 5.44. The Morgan fingerprint density at radius 3 is 2.63 bits per heavy atom. The normalized spacial score (nSPS) is 16.7. The van der Waals surface area contributed by atoms with Gasteiger partial charge < -0.3 is 0 Å². The minimum atomic E-state index is -0.508. The maximum atomic E-state index is 13.5. The lowest BCUT2D eigenvalue weighted by Gasteiger charge is -2.25. The average molecular weight is 544 g/mol. The molecule has 2 aliphatic rings. The molecule has 0 N–H and O–H groups in total. The number of carbonyl (C=O) groups is 1. The minimum absolute atomic E-state index is 0.0963. The van der Waals surface area contributed by atoms with Gasteiger partial charge in [-0.3, -0.25) is 19.0 Å². The summed E-state index contributed by atoms with van der Waals surface area (Å²) in [5, 5.41) is 0.542. The van der Waals surface area contributed by atoms with Gasteiger partial charge in [0.05, 0.1) is 11.4 Å². The number of amides is 1. The van der Waals surface area contributed by atoms with Crippen molar-refractivity contribution in [3.05, 3.63) is 111 Å². The van der Waals surface area contributed by atoms with Gasteiger partial charge in [-0.2, -0.15) is 0 Å². The molecule has 0 saturated heterocycles. The van der Waals surface area contributed by atoms with Crippen LogP contribution in [0.3, 0.4) is 0 Å². The van der Waals surface area contributed by atoms with E-state index in [9.17, 15) is 9.59 Å². The average Bonchev–Trinajstić information content (AvgIpc) is 3.20. The molecule has 0 bridgehead atoms. The molecule has 4 aromatic rings. The number of para-hydroxylation sites is 1. The standard InChI is InChI=1S/C26H18BrN5O2S/c27-17-10-11-22-28-18(13-23(33)31(22)14-17)15-35-26-30-20-9-5-4-8-19(20)24-29-21(25(34)32(24)26)12-16-6-2-1-3-7-16/h1-11,13-14,21H,12,15H2/t21-/m1/s1. The van der Waals surface area contributed by atoms with Crippen LogP contribution in [0.5, 0.6) is 0 Å². The molecule has 7 nitrogen and oxygen atoms in total. The number of benzene rings is 2. The van der Waals surface area contributed by atoms with Crippen LogP contribution in [0.1, 0.15) is 16.8 Å². The molecule has 1 amide bonds. The van der Waals surface area contributed by atoms with E-state index < -0.39 is 6.04 Å². The summed E-state index contributed by atoms with van der Waals surface area (Å²) in [5.41, 5.74) is 3.69. The first-order valence-corrected chi connectivity index (χ1v) is 12.8. The van der Waals surface area contributed by atoms with Gasteiger partial charge in [-0.25, -0.2) is 14.9 Å². The van der Waals surface area contributed by atoms with Crippen molar-refractivity contribution in [2.24, 2.45) is 9.98 Å². The highest BCUT2D eigenvalue weighted by molar-refractivity contribution is 9.10. The van der Waals surface area contributed by atoms with Gasteiger partial charge in [-0.1, -0.05) is 54.2 Å². The van der Waals surface area contributed by atoms with E-state index in [1.807, 2.05) is 60.7 Å². The fraction of sp³-hybridized carbons (Fsp3) is 0.115. The Morgan fingerprint density at radius 2 is 1.77 bits per heavy atom. The van der Waals surface area contributed by atoms with Crippen LogP contribution < -0.4 is 5.56 Å². The Bertz CT molecular complexity index is 1600. The van der Waals surface area contributed by atoms with Crippen LogP contribution in [0, 0.1) is 0 Å². The first-order valence-electron chi connectivity index (χ1n) is 11.0. The zero-order valence-electron chi connectivity index (χ0n) is 18.3. The quantitative estimate of drug-likeness (QED) is 0.377. The molecule has 0 aliphatic carbocycles. The molecule has 9 heteroatoms. The number of thioether (sulfide) groups is 1. The number of aromatic nitrogens is 2. The third-order valence-corrected chi connectivity index (χ3v) is 7.29. The van der Waals surface area contributed by atoms with Crippen molar-refractivity contribution in [2.75, 3.05) is 0 Å². The molecule has 2 aliphatic heterocycles. The summed E-state index contributed by atoms with van der Waals surface area (Å²) in [5.74, 6) is 0.921. The zero-order chi connectivity index (χ0) is 23.9. The molecule has 0 fully saturated rings. The van der Waals surface area contributed by atoms with Crippen molar-refractivity contribution in [3.8, 4) is 0 Å². The van der Waals surface area contributed by atoms with Crippen LogP contribution >= 0.6 is 27.7 Å². The van der Waals surface area contributed by atoms with Crippen molar-refractivity contribution in [1.29, 1.82) is 0 Å². The van der Waals surface area contributed by atoms with Gasteiger partial charge in [-0.05, 0) is 45.8 Å². The molecule has 1 atom stereocenters. The van der Waals surface area contributed by atoms with E-state index in [0.29, 0.717) is 34.5 Å². The highest BCUT2D eigenvalue weighted by Crippen LogP contribution is 2.34. The van der Waals surface area contributed by atoms with E-state index in [2.05, 4.69) is 20.9 Å². The fourth-order valence-electron chi connectivity index (χ4n) is 4.21. The van der Waals surface area contributed by atoms with Gasteiger partial charge in [0.15, 0.2) is 5.17 Å². The van der Waals surface area contributed by atoms with E-state index >= 15 is 0 Å². The van der Waals surface area contributed by atoms with Gasteiger partial charge >= 0.3 is 0 Å². The Morgan fingerprint density at radius 1 is 0.971 bits per heavy atom. The molecule has 172 valence electrons. The molecular weight excluding hydrogens is 526 g/mol. The van der Waals surface area contributed by atoms with Crippen LogP contribution in [-0.4, -0.2) is 37.2 Å². The van der Waals surface area contributed by atoms with E-state index in [4.69, 9.17) is 9.98 Å². The molecule has 0 unspecified atom stereocenters. The third kappa shape index (κ3) is 4.11. The highest BCUT2D eigenvalue weighted by atomic mass is 79.9. The zero-order valence-corrected chi connectivity index (χ0v) is 20.7. The number of amidine groups is 2. The van der Waals surface area contributed by atoms with Gasteiger partial charge in [0, 0.05) is 34.5 Å². The lowest BCUT2D eigenvalue weighted by Crippen LogP contribution is -2.41. The van der Waals surface area contributed by atoms with Crippen molar-refractivity contribution in [3.63, 3.8) is 0 Å². The molecule has 0 radical (unpaired) electrons. The predicted molar refractivity (Wildman–Crippen MR) is 141 cm³/mol. The van der Waals surface area contributed by atoms with Gasteiger partial charge in [0.1, 0.15) is 17.5 Å². The number of pyridine rings is 1. The van der Waals surface area contributed by atoms with Crippen LogP contribution in [0.4, 0.5) is 5.69 Å². The number of hydrogen-bond donors (Lipinski definition) is 0. The Kier molecular flexibility index (Phi) is 5.58. The van der Waals surface area contributed by atoms with Crippen molar-refractivity contribution in [2.45, 2.75) is 18.2 Å². The largest absolute Gasteiger partial charge is 0.271 e. The lowest BCUT2D eigenvalue weighted by atomic mass is 10.1. The first kappa shape index (κ1) is 21.9. The number of rotatable bonds is 4. The first-order chi connectivity index (χ1) is 17.1. The SMILES string of the molecule is O=C1[C@@H](Cc2ccccc2)N=C2c3ccccc3N=C(SCc3cc(=O)n4cc(Br)ccc4n3)N12. The van der Waals surface area contributed by atoms with E-state index in [-0.39, 0.29) is 11.5 Å². The number of halogens is 1. The molecule has 2 aromatic heterocycles. The smallest absolute Gasteiger partial charge is 0.259 e. The van der Waals surface area contributed by atoms with Crippen LogP contribution in [-0.2, 0) is 17.0 Å². The van der Waals surface area contributed by atoms with Crippen molar-refractivity contribution in [1.82, 2.24) is 14.3 Å². The molecular formula is C26H18BrN5O2S. The number of carbonyl (C=O) groups excluding carboxylic acids is 1. The second-order valence-electron chi connectivity index (χ2n) is 8.19. The van der Waals surface area contributed by atoms with Crippen molar-refractivity contribution < 1.29 is 4.79 Å².